The fraction of sp³-hybridized carbons (Fsp3) is 0.727. The van der Waals surface area contributed by atoms with Crippen molar-refractivity contribution in [1.82, 2.24) is 10.3 Å². The molecule has 0 aromatic carbocycles. The summed E-state index contributed by atoms with van der Waals surface area (Å²) in [7, 11) is 0. The highest BCUT2D eigenvalue weighted by atomic mass is 32.1. The first kappa shape index (κ1) is 11.0. The van der Waals surface area contributed by atoms with Gasteiger partial charge in [0.05, 0.1) is 11.2 Å². The van der Waals surface area contributed by atoms with Crippen LogP contribution in [0.1, 0.15) is 36.3 Å². The zero-order valence-electron chi connectivity index (χ0n) is 9.20. The van der Waals surface area contributed by atoms with Gasteiger partial charge in [-0.1, -0.05) is 6.42 Å². The van der Waals surface area contributed by atoms with Gasteiger partial charge < -0.3 is 11.1 Å². The average Bonchev–Trinajstić information content (AvgIpc) is 2.61. The number of nitrogens with one attached hydrogen (secondary N) is 1. The van der Waals surface area contributed by atoms with Crippen LogP contribution in [0.5, 0.6) is 0 Å². The molecule has 1 aliphatic carbocycles. The Hall–Kier alpha value is -0.450. The van der Waals surface area contributed by atoms with Gasteiger partial charge in [-0.15, -0.1) is 11.3 Å². The van der Waals surface area contributed by atoms with Gasteiger partial charge in [-0.3, -0.25) is 0 Å². The largest absolute Gasteiger partial charge is 0.328 e. The molecule has 1 aromatic rings. The lowest BCUT2D eigenvalue weighted by atomic mass is 9.92. The van der Waals surface area contributed by atoms with Crippen molar-refractivity contribution in [2.24, 2.45) is 5.73 Å². The van der Waals surface area contributed by atoms with Crippen LogP contribution < -0.4 is 11.1 Å². The molecule has 3 N–H and O–H groups in total. The van der Waals surface area contributed by atoms with Crippen LogP contribution in [0.15, 0.2) is 5.51 Å². The average molecular weight is 225 g/mol. The Balaban J connectivity index is 1.80. The molecule has 0 spiro atoms. The van der Waals surface area contributed by atoms with E-state index < -0.39 is 0 Å². The van der Waals surface area contributed by atoms with Gasteiger partial charge in [-0.2, -0.15) is 0 Å². The number of thiazole rings is 1. The summed E-state index contributed by atoms with van der Waals surface area (Å²) in [6, 6.07) is 1.01. The van der Waals surface area contributed by atoms with Gasteiger partial charge in [0.2, 0.25) is 0 Å². The first-order valence-electron chi connectivity index (χ1n) is 5.63. The monoisotopic (exact) mass is 225 g/mol. The molecule has 1 fully saturated rings. The Kier molecular flexibility index (Phi) is 3.72. The highest BCUT2D eigenvalue weighted by Gasteiger charge is 2.18. The minimum Gasteiger partial charge on any atom is -0.328 e. The molecule has 2 unspecified atom stereocenters. The second-order valence-electron chi connectivity index (χ2n) is 4.37. The molecule has 15 heavy (non-hydrogen) atoms. The molecule has 1 aromatic heterocycles. The lowest BCUT2D eigenvalue weighted by Crippen LogP contribution is -2.39. The highest BCUT2D eigenvalue weighted by molar-refractivity contribution is 7.09. The lowest BCUT2D eigenvalue weighted by molar-refractivity contribution is 0.339. The van der Waals surface area contributed by atoms with Crippen molar-refractivity contribution in [2.75, 3.05) is 0 Å². The van der Waals surface area contributed by atoms with Crippen molar-refractivity contribution in [2.45, 2.75) is 51.2 Å². The number of aromatic nitrogens is 1. The van der Waals surface area contributed by atoms with Crippen molar-refractivity contribution < 1.29 is 0 Å². The van der Waals surface area contributed by atoms with Crippen molar-refractivity contribution in [1.29, 1.82) is 0 Å². The topological polar surface area (TPSA) is 50.9 Å². The van der Waals surface area contributed by atoms with E-state index >= 15 is 0 Å². The number of hydrogen-bond acceptors (Lipinski definition) is 4. The van der Waals surface area contributed by atoms with Gasteiger partial charge in [0.15, 0.2) is 0 Å². The van der Waals surface area contributed by atoms with Crippen molar-refractivity contribution in [3.05, 3.63) is 16.1 Å². The molecule has 0 radical (unpaired) electrons. The van der Waals surface area contributed by atoms with E-state index in [4.69, 9.17) is 5.73 Å². The minimum absolute atomic E-state index is 0.402. The molecule has 0 saturated heterocycles. The van der Waals surface area contributed by atoms with Crippen molar-refractivity contribution in [3.63, 3.8) is 0 Å². The molecule has 0 amide bonds. The van der Waals surface area contributed by atoms with Crippen LogP contribution >= 0.6 is 11.3 Å². The zero-order valence-corrected chi connectivity index (χ0v) is 10.0. The van der Waals surface area contributed by atoms with E-state index in [9.17, 15) is 0 Å². The number of rotatable bonds is 3. The molecule has 1 aliphatic rings. The highest BCUT2D eigenvalue weighted by Crippen LogP contribution is 2.18. The Morgan fingerprint density at radius 1 is 1.60 bits per heavy atom. The fourth-order valence-electron chi connectivity index (χ4n) is 2.15. The van der Waals surface area contributed by atoms with Crippen molar-refractivity contribution >= 4 is 11.3 Å². The summed E-state index contributed by atoms with van der Waals surface area (Å²) < 4.78 is 0. The molecule has 84 valence electrons. The van der Waals surface area contributed by atoms with E-state index in [0.29, 0.717) is 12.1 Å². The molecular formula is C11H19N3S. The standard InChI is InChI=1S/C11H19N3S/c1-8-11(15-7-14-8)6-13-10-4-2-3-9(12)5-10/h7,9-10,13H,2-6,12H2,1H3. The normalized spacial score (nSPS) is 26.8. The molecule has 1 heterocycles. The summed E-state index contributed by atoms with van der Waals surface area (Å²) in [6.45, 7) is 3.02. The zero-order chi connectivity index (χ0) is 10.7. The van der Waals surface area contributed by atoms with Crippen LogP contribution in [-0.2, 0) is 6.54 Å². The summed E-state index contributed by atoms with van der Waals surface area (Å²) >= 11 is 1.73. The Morgan fingerprint density at radius 2 is 2.47 bits per heavy atom. The lowest BCUT2D eigenvalue weighted by Gasteiger charge is -2.27. The fourth-order valence-corrected chi connectivity index (χ4v) is 2.87. The molecular weight excluding hydrogens is 206 g/mol. The van der Waals surface area contributed by atoms with Crippen LogP contribution in [0, 0.1) is 6.92 Å². The number of hydrogen-bond donors (Lipinski definition) is 2. The van der Waals surface area contributed by atoms with E-state index in [1.54, 1.807) is 11.3 Å². The third-order valence-electron chi connectivity index (χ3n) is 3.11. The number of nitrogens with zero attached hydrogens (tertiary/aromatic N) is 1. The van der Waals surface area contributed by atoms with Crippen LogP contribution in [0.3, 0.4) is 0 Å². The maximum Gasteiger partial charge on any atom is 0.0798 e. The van der Waals surface area contributed by atoms with Gasteiger partial charge in [0, 0.05) is 23.5 Å². The smallest absolute Gasteiger partial charge is 0.0798 e. The second-order valence-corrected chi connectivity index (χ2v) is 5.30. The van der Waals surface area contributed by atoms with Gasteiger partial charge in [0.25, 0.3) is 0 Å². The van der Waals surface area contributed by atoms with Gasteiger partial charge in [0.1, 0.15) is 0 Å². The summed E-state index contributed by atoms with van der Waals surface area (Å²) in [5.74, 6) is 0. The molecule has 0 bridgehead atoms. The molecule has 2 atom stereocenters. The molecule has 3 nitrogen and oxygen atoms in total. The van der Waals surface area contributed by atoms with Crippen LogP contribution in [0.25, 0.3) is 0 Å². The third-order valence-corrected chi connectivity index (χ3v) is 4.05. The maximum atomic E-state index is 5.95. The number of aryl methyl sites for hydroxylation is 1. The Bertz CT molecular complexity index is 311. The molecule has 1 saturated carbocycles. The summed E-state index contributed by atoms with van der Waals surface area (Å²) in [5, 5.41) is 3.59. The van der Waals surface area contributed by atoms with E-state index in [2.05, 4.69) is 17.2 Å². The minimum atomic E-state index is 0.402. The van der Waals surface area contributed by atoms with E-state index in [1.807, 2.05) is 5.51 Å². The summed E-state index contributed by atoms with van der Waals surface area (Å²) in [4.78, 5) is 5.60. The maximum absolute atomic E-state index is 5.95. The quantitative estimate of drug-likeness (QED) is 0.825. The van der Waals surface area contributed by atoms with Crippen LogP contribution in [0.2, 0.25) is 0 Å². The number of nitrogens with two attached hydrogens (primary N) is 1. The second kappa shape index (κ2) is 5.05. The van der Waals surface area contributed by atoms with Crippen molar-refractivity contribution in [3.8, 4) is 0 Å². The molecule has 4 heteroatoms. The predicted molar refractivity (Wildman–Crippen MR) is 63.9 cm³/mol. The first-order chi connectivity index (χ1) is 7.25. The Morgan fingerprint density at radius 3 is 3.13 bits per heavy atom. The molecule has 0 aliphatic heterocycles. The van der Waals surface area contributed by atoms with E-state index in [-0.39, 0.29) is 0 Å². The summed E-state index contributed by atoms with van der Waals surface area (Å²) in [5.41, 5.74) is 9.03. The van der Waals surface area contributed by atoms with Gasteiger partial charge >= 0.3 is 0 Å². The van der Waals surface area contributed by atoms with E-state index in [0.717, 1.165) is 18.7 Å². The van der Waals surface area contributed by atoms with Crippen LogP contribution in [0.4, 0.5) is 0 Å². The molecule has 2 rings (SSSR count). The predicted octanol–water partition coefficient (Wildman–Crippen LogP) is 1.81. The van der Waals surface area contributed by atoms with Gasteiger partial charge in [-0.05, 0) is 26.2 Å². The first-order valence-corrected chi connectivity index (χ1v) is 6.51. The third kappa shape index (κ3) is 3.00. The van der Waals surface area contributed by atoms with Crippen LogP contribution in [-0.4, -0.2) is 17.1 Å². The van der Waals surface area contributed by atoms with Gasteiger partial charge in [-0.25, -0.2) is 4.98 Å². The Labute approximate surface area is 95.1 Å². The summed E-state index contributed by atoms with van der Waals surface area (Å²) in [6.07, 6.45) is 4.85. The van der Waals surface area contributed by atoms with E-state index in [1.165, 1.54) is 24.1 Å². The SMILES string of the molecule is Cc1ncsc1CNC1CCCC(N)C1.